The van der Waals surface area contributed by atoms with Crippen molar-refractivity contribution < 1.29 is 18.7 Å². The van der Waals surface area contributed by atoms with E-state index in [4.69, 9.17) is 16.2 Å². The first-order chi connectivity index (χ1) is 10.1. The van der Waals surface area contributed by atoms with Crippen molar-refractivity contribution in [2.75, 3.05) is 18.9 Å². The van der Waals surface area contributed by atoms with E-state index in [0.717, 1.165) is 11.1 Å². The minimum absolute atomic E-state index is 0.0442. The van der Waals surface area contributed by atoms with Crippen LogP contribution in [0.25, 0.3) is 11.1 Å². The van der Waals surface area contributed by atoms with E-state index < -0.39 is 6.09 Å². The Balaban J connectivity index is 2.17. The number of carbonyl (C=O) groups excluding carboxylic acids is 1. The van der Waals surface area contributed by atoms with Crippen molar-refractivity contribution in [3.63, 3.8) is 0 Å². The van der Waals surface area contributed by atoms with E-state index in [1.807, 2.05) is 0 Å². The number of anilines is 1. The molecule has 0 saturated carbocycles. The lowest BCUT2D eigenvalue weighted by Crippen LogP contribution is -2.17. The molecule has 0 heterocycles. The third-order valence-electron chi connectivity index (χ3n) is 2.74. The van der Waals surface area contributed by atoms with E-state index in [0.29, 0.717) is 11.4 Å². The highest BCUT2D eigenvalue weighted by Gasteiger charge is 2.08. The summed E-state index contributed by atoms with van der Waals surface area (Å²) in [4.78, 5) is 10.5. The molecular formula is C15H15FN2O3. The molecule has 0 bridgehead atoms. The lowest BCUT2D eigenvalue weighted by atomic mass is 10.0. The van der Waals surface area contributed by atoms with Crippen LogP contribution in [0.4, 0.5) is 14.9 Å². The molecule has 0 spiro atoms. The Morgan fingerprint density at radius 1 is 1.10 bits per heavy atom. The van der Waals surface area contributed by atoms with Crippen LogP contribution >= 0.6 is 0 Å². The summed E-state index contributed by atoms with van der Waals surface area (Å²) in [5, 5.41) is 0. The summed E-state index contributed by atoms with van der Waals surface area (Å²) in [5.74, 6) is 0.240. The number of nitrogen functional groups attached to an aromatic ring is 1. The second kappa shape index (κ2) is 6.60. The molecular weight excluding hydrogens is 275 g/mol. The smallest absolute Gasteiger partial charge is 0.404 e. The maximum atomic E-state index is 13.0. The predicted molar refractivity (Wildman–Crippen MR) is 77.3 cm³/mol. The lowest BCUT2D eigenvalue weighted by molar-refractivity contribution is 0.134. The van der Waals surface area contributed by atoms with Gasteiger partial charge >= 0.3 is 6.09 Å². The highest BCUT2D eigenvalue weighted by molar-refractivity contribution is 5.73. The molecule has 0 aliphatic heterocycles. The minimum Gasteiger partial charge on any atom is -0.489 e. The summed E-state index contributed by atoms with van der Waals surface area (Å²) >= 11 is 0. The molecule has 0 aliphatic rings. The van der Waals surface area contributed by atoms with Gasteiger partial charge in [0.25, 0.3) is 0 Å². The fraction of sp³-hybridized carbons (Fsp3) is 0.133. The number of halogens is 1. The molecule has 2 aromatic carbocycles. The van der Waals surface area contributed by atoms with Crippen LogP contribution in [0.15, 0.2) is 42.5 Å². The standard InChI is InChI=1S/C15H15FN2O3/c16-11-3-1-10(2-4-11)13-9-12(17)5-6-14(13)20-7-8-21-15(18)19/h1-6,9H,7-8,17H2,(H2,18,19). The van der Waals surface area contributed by atoms with E-state index in [2.05, 4.69) is 4.74 Å². The molecule has 1 amide bonds. The average molecular weight is 290 g/mol. The van der Waals surface area contributed by atoms with Gasteiger partial charge in [0.2, 0.25) is 0 Å². The van der Waals surface area contributed by atoms with Gasteiger partial charge in [0.1, 0.15) is 24.8 Å². The molecule has 2 aromatic rings. The van der Waals surface area contributed by atoms with Gasteiger partial charge in [0, 0.05) is 11.3 Å². The molecule has 0 unspecified atom stereocenters. The molecule has 5 nitrogen and oxygen atoms in total. The second-order valence-corrected chi connectivity index (χ2v) is 4.28. The second-order valence-electron chi connectivity index (χ2n) is 4.28. The van der Waals surface area contributed by atoms with Crippen molar-refractivity contribution in [1.29, 1.82) is 0 Å². The Bertz CT molecular complexity index is 629. The van der Waals surface area contributed by atoms with Crippen LogP contribution < -0.4 is 16.2 Å². The van der Waals surface area contributed by atoms with Gasteiger partial charge in [-0.05, 0) is 35.9 Å². The third-order valence-corrected chi connectivity index (χ3v) is 2.74. The van der Waals surface area contributed by atoms with Crippen LogP contribution in [0.2, 0.25) is 0 Å². The van der Waals surface area contributed by atoms with E-state index in [-0.39, 0.29) is 19.0 Å². The Hall–Kier alpha value is -2.76. The summed E-state index contributed by atoms with van der Waals surface area (Å²) in [7, 11) is 0. The number of ether oxygens (including phenoxy) is 2. The van der Waals surface area contributed by atoms with Crippen molar-refractivity contribution in [3.05, 3.63) is 48.3 Å². The Kier molecular flexibility index (Phi) is 4.61. The Labute approximate surface area is 121 Å². The number of nitrogens with two attached hydrogens (primary N) is 2. The topological polar surface area (TPSA) is 87.6 Å². The van der Waals surface area contributed by atoms with Crippen LogP contribution in [0.3, 0.4) is 0 Å². The molecule has 0 saturated heterocycles. The summed E-state index contributed by atoms with van der Waals surface area (Å²) in [5.41, 5.74) is 12.7. The van der Waals surface area contributed by atoms with Gasteiger partial charge in [-0.3, -0.25) is 0 Å². The Morgan fingerprint density at radius 3 is 2.48 bits per heavy atom. The van der Waals surface area contributed by atoms with Gasteiger partial charge in [-0.1, -0.05) is 12.1 Å². The van der Waals surface area contributed by atoms with Gasteiger partial charge in [-0.15, -0.1) is 0 Å². The zero-order valence-corrected chi connectivity index (χ0v) is 11.2. The summed E-state index contributed by atoms with van der Waals surface area (Å²) in [6, 6.07) is 11.1. The first kappa shape index (κ1) is 14.6. The van der Waals surface area contributed by atoms with Crippen molar-refractivity contribution in [3.8, 4) is 16.9 Å². The SMILES string of the molecule is NC(=O)OCCOc1ccc(N)cc1-c1ccc(F)cc1. The molecule has 6 heteroatoms. The minimum atomic E-state index is -0.852. The fourth-order valence-electron chi connectivity index (χ4n) is 1.82. The summed E-state index contributed by atoms with van der Waals surface area (Å²) in [6.07, 6.45) is -0.852. The fourth-order valence-corrected chi connectivity index (χ4v) is 1.82. The lowest BCUT2D eigenvalue weighted by Gasteiger charge is -2.12. The highest BCUT2D eigenvalue weighted by Crippen LogP contribution is 2.32. The number of carbonyl (C=O) groups is 1. The summed E-state index contributed by atoms with van der Waals surface area (Å²) < 4.78 is 23.1. The van der Waals surface area contributed by atoms with Gasteiger partial charge < -0.3 is 20.9 Å². The zero-order valence-electron chi connectivity index (χ0n) is 11.2. The van der Waals surface area contributed by atoms with E-state index in [9.17, 15) is 9.18 Å². The zero-order chi connectivity index (χ0) is 15.2. The number of hydrogen-bond donors (Lipinski definition) is 2. The van der Waals surface area contributed by atoms with Crippen molar-refractivity contribution in [2.45, 2.75) is 0 Å². The third kappa shape index (κ3) is 4.10. The van der Waals surface area contributed by atoms with Gasteiger partial charge in [0.15, 0.2) is 0 Å². The molecule has 0 aromatic heterocycles. The number of hydrogen-bond acceptors (Lipinski definition) is 4. The largest absolute Gasteiger partial charge is 0.489 e. The normalized spacial score (nSPS) is 10.1. The van der Waals surface area contributed by atoms with Crippen LogP contribution in [0.1, 0.15) is 0 Å². The van der Waals surface area contributed by atoms with Gasteiger partial charge in [-0.2, -0.15) is 0 Å². The quantitative estimate of drug-likeness (QED) is 0.654. The average Bonchev–Trinajstić information content (AvgIpc) is 2.45. The molecule has 0 fully saturated rings. The van der Waals surface area contributed by atoms with E-state index >= 15 is 0 Å². The molecule has 4 N–H and O–H groups in total. The van der Waals surface area contributed by atoms with Crippen LogP contribution in [0, 0.1) is 5.82 Å². The van der Waals surface area contributed by atoms with Crippen LogP contribution in [-0.2, 0) is 4.74 Å². The monoisotopic (exact) mass is 290 g/mol. The van der Waals surface area contributed by atoms with Crippen LogP contribution in [-0.4, -0.2) is 19.3 Å². The molecule has 110 valence electrons. The molecule has 21 heavy (non-hydrogen) atoms. The first-order valence-electron chi connectivity index (χ1n) is 6.27. The summed E-state index contributed by atoms with van der Waals surface area (Å²) in [6.45, 7) is 0.198. The highest BCUT2D eigenvalue weighted by atomic mass is 19.1. The molecule has 0 atom stereocenters. The molecule has 0 radical (unpaired) electrons. The predicted octanol–water partition coefficient (Wildman–Crippen LogP) is 2.55. The molecule has 2 rings (SSSR count). The number of primary amides is 1. The van der Waals surface area contributed by atoms with E-state index in [1.165, 1.54) is 12.1 Å². The first-order valence-corrected chi connectivity index (χ1v) is 6.27. The molecule has 0 aliphatic carbocycles. The maximum Gasteiger partial charge on any atom is 0.404 e. The van der Waals surface area contributed by atoms with E-state index in [1.54, 1.807) is 30.3 Å². The van der Waals surface area contributed by atoms with Gasteiger partial charge in [-0.25, -0.2) is 9.18 Å². The van der Waals surface area contributed by atoms with Crippen molar-refractivity contribution in [2.24, 2.45) is 5.73 Å². The van der Waals surface area contributed by atoms with Crippen LogP contribution in [0.5, 0.6) is 5.75 Å². The van der Waals surface area contributed by atoms with Gasteiger partial charge in [0.05, 0.1) is 0 Å². The van der Waals surface area contributed by atoms with Crippen molar-refractivity contribution in [1.82, 2.24) is 0 Å². The van der Waals surface area contributed by atoms with Crippen molar-refractivity contribution >= 4 is 11.8 Å². The number of benzene rings is 2. The Morgan fingerprint density at radius 2 is 1.81 bits per heavy atom. The number of amides is 1. The number of rotatable bonds is 5. The maximum absolute atomic E-state index is 13.0.